The average molecular weight is 397 g/mol. The van der Waals surface area contributed by atoms with E-state index in [2.05, 4.69) is 0 Å². The van der Waals surface area contributed by atoms with Crippen LogP contribution in [-0.2, 0) is 20.7 Å². The summed E-state index contributed by atoms with van der Waals surface area (Å²) in [6.45, 7) is 0.954. The van der Waals surface area contributed by atoms with Crippen molar-refractivity contribution in [2.24, 2.45) is 0 Å². The highest BCUT2D eigenvalue weighted by atomic mass is 19.1. The Morgan fingerprint density at radius 3 is 2.72 bits per heavy atom. The van der Waals surface area contributed by atoms with Crippen molar-refractivity contribution in [1.29, 1.82) is 0 Å². The summed E-state index contributed by atoms with van der Waals surface area (Å²) >= 11 is 0. The maximum atomic E-state index is 13.4. The van der Waals surface area contributed by atoms with E-state index in [1.54, 1.807) is 18.2 Å². The number of amides is 1. The first-order valence-electron chi connectivity index (χ1n) is 9.30. The third-order valence-electron chi connectivity index (χ3n) is 5.22. The van der Waals surface area contributed by atoms with Gasteiger partial charge in [0.1, 0.15) is 17.3 Å². The Hall–Kier alpha value is -3.19. The van der Waals surface area contributed by atoms with Crippen molar-refractivity contribution in [2.45, 2.75) is 12.5 Å². The van der Waals surface area contributed by atoms with Crippen LogP contribution in [0.1, 0.15) is 22.7 Å². The minimum Gasteiger partial charge on any atom is -0.507 e. The number of carbonyl (C=O) groups excluding carboxylic acids is 2. The summed E-state index contributed by atoms with van der Waals surface area (Å²) in [4.78, 5) is 26.9. The molecule has 0 saturated carbocycles. The minimum absolute atomic E-state index is 0.0171. The molecule has 0 spiro atoms. The maximum absolute atomic E-state index is 13.4. The van der Waals surface area contributed by atoms with E-state index >= 15 is 0 Å². The monoisotopic (exact) mass is 397 g/mol. The molecule has 4 rings (SSSR count). The Morgan fingerprint density at radius 2 is 2.00 bits per heavy atom. The molecule has 1 atom stereocenters. The molecule has 0 radical (unpaired) electrons. The normalized spacial score (nSPS) is 20.1. The van der Waals surface area contributed by atoms with Gasteiger partial charge in [-0.1, -0.05) is 12.1 Å². The first-order valence-corrected chi connectivity index (χ1v) is 9.30. The smallest absolute Gasteiger partial charge is 0.295 e. The van der Waals surface area contributed by atoms with Gasteiger partial charge in [0.15, 0.2) is 0 Å². The fourth-order valence-electron chi connectivity index (χ4n) is 3.78. The molecule has 1 amide bonds. The lowest BCUT2D eigenvalue weighted by Gasteiger charge is -2.25. The quantitative estimate of drug-likeness (QED) is 0.477. The summed E-state index contributed by atoms with van der Waals surface area (Å²) in [6.07, 6.45) is 0.708. The second-order valence-corrected chi connectivity index (χ2v) is 6.96. The van der Waals surface area contributed by atoms with Crippen LogP contribution < -0.4 is 4.74 Å². The number of aliphatic hydroxyl groups excluding tert-OH is 1. The van der Waals surface area contributed by atoms with Gasteiger partial charge in [0, 0.05) is 25.6 Å². The lowest BCUT2D eigenvalue weighted by molar-refractivity contribution is -0.140. The lowest BCUT2D eigenvalue weighted by Crippen LogP contribution is -2.32. The lowest BCUT2D eigenvalue weighted by atomic mass is 9.94. The fourth-order valence-corrected chi connectivity index (χ4v) is 3.78. The third-order valence-corrected chi connectivity index (χ3v) is 5.22. The predicted octanol–water partition coefficient (Wildman–Crippen LogP) is 2.83. The molecule has 2 aliphatic rings. The molecule has 29 heavy (non-hydrogen) atoms. The van der Waals surface area contributed by atoms with E-state index in [9.17, 15) is 19.1 Å². The van der Waals surface area contributed by atoms with Crippen molar-refractivity contribution >= 4 is 17.4 Å². The summed E-state index contributed by atoms with van der Waals surface area (Å²) < 4.78 is 24.0. The van der Waals surface area contributed by atoms with Crippen molar-refractivity contribution in [1.82, 2.24) is 4.90 Å². The number of aliphatic hydroxyl groups is 1. The molecule has 1 unspecified atom stereocenters. The van der Waals surface area contributed by atoms with E-state index < -0.39 is 23.5 Å². The van der Waals surface area contributed by atoms with Gasteiger partial charge in [-0.25, -0.2) is 4.39 Å². The summed E-state index contributed by atoms with van der Waals surface area (Å²) in [5.41, 5.74) is 1.89. The molecule has 2 aromatic carbocycles. The predicted molar refractivity (Wildman–Crippen MR) is 103 cm³/mol. The molecule has 150 valence electrons. The van der Waals surface area contributed by atoms with Crippen LogP contribution in [-0.4, -0.2) is 48.6 Å². The Morgan fingerprint density at radius 1 is 1.24 bits per heavy atom. The Balaban J connectivity index is 1.83. The largest absolute Gasteiger partial charge is 0.507 e. The second kappa shape index (κ2) is 7.67. The summed E-state index contributed by atoms with van der Waals surface area (Å²) in [5.74, 6) is -1.43. The van der Waals surface area contributed by atoms with Crippen LogP contribution in [0, 0.1) is 5.82 Å². The topological polar surface area (TPSA) is 76.1 Å². The molecule has 1 fully saturated rings. The van der Waals surface area contributed by atoms with E-state index in [1.807, 2.05) is 0 Å². The number of benzene rings is 2. The molecule has 7 heteroatoms. The molecular weight excluding hydrogens is 377 g/mol. The SMILES string of the molecule is COCCN1C(=O)C(=O)/C(=C(\O)c2ccc3c(c2)CCO3)C1c1ccc(F)cc1. The number of fused-ring (bicyclic) bond motifs is 1. The number of ether oxygens (including phenoxy) is 2. The van der Waals surface area contributed by atoms with Crippen LogP contribution in [0.5, 0.6) is 5.75 Å². The zero-order valence-electron chi connectivity index (χ0n) is 15.9. The van der Waals surface area contributed by atoms with Crippen molar-refractivity contribution < 1.29 is 28.6 Å². The van der Waals surface area contributed by atoms with E-state index in [0.717, 1.165) is 11.3 Å². The molecule has 1 N–H and O–H groups in total. The Labute approximate surface area is 167 Å². The third kappa shape index (κ3) is 3.38. The highest BCUT2D eigenvalue weighted by Crippen LogP contribution is 2.40. The number of nitrogens with zero attached hydrogens (tertiary/aromatic N) is 1. The molecule has 0 aliphatic carbocycles. The first kappa shape index (κ1) is 19.1. The maximum Gasteiger partial charge on any atom is 0.295 e. The van der Waals surface area contributed by atoms with Gasteiger partial charge in [-0.3, -0.25) is 9.59 Å². The van der Waals surface area contributed by atoms with Crippen LogP contribution in [0.4, 0.5) is 4.39 Å². The highest BCUT2D eigenvalue weighted by Gasteiger charge is 2.45. The summed E-state index contributed by atoms with van der Waals surface area (Å²) in [5, 5.41) is 11.0. The van der Waals surface area contributed by atoms with Crippen molar-refractivity contribution in [3.63, 3.8) is 0 Å². The number of methoxy groups -OCH3 is 1. The molecule has 2 heterocycles. The number of Topliss-reactive ketones (excluding diaryl/α,β-unsaturated/α-hetero) is 1. The highest BCUT2D eigenvalue weighted by molar-refractivity contribution is 6.46. The van der Waals surface area contributed by atoms with Gasteiger partial charge >= 0.3 is 0 Å². The van der Waals surface area contributed by atoms with Gasteiger partial charge in [-0.05, 0) is 41.5 Å². The van der Waals surface area contributed by atoms with Gasteiger partial charge in [0.25, 0.3) is 11.7 Å². The number of hydrogen-bond donors (Lipinski definition) is 1. The Kier molecular flexibility index (Phi) is 5.07. The number of likely N-dealkylation sites (tertiary alicyclic amines) is 1. The molecule has 0 aromatic heterocycles. The van der Waals surface area contributed by atoms with E-state index in [1.165, 1.54) is 36.3 Å². The average Bonchev–Trinajstić information content (AvgIpc) is 3.29. The van der Waals surface area contributed by atoms with Crippen molar-refractivity contribution in [2.75, 3.05) is 26.9 Å². The second-order valence-electron chi connectivity index (χ2n) is 6.96. The van der Waals surface area contributed by atoms with Gasteiger partial charge in [0.2, 0.25) is 0 Å². The standard InChI is InChI=1S/C22H20FNO5/c1-28-11-9-24-19(13-2-5-16(23)6-3-13)18(21(26)22(24)27)20(25)15-4-7-17-14(12-15)8-10-29-17/h2-7,12,19,25H,8-11H2,1H3/b20-18-. The number of ketones is 1. The molecule has 2 aliphatic heterocycles. The van der Waals surface area contributed by atoms with Crippen LogP contribution in [0.15, 0.2) is 48.0 Å². The molecular formula is C22H20FNO5. The summed E-state index contributed by atoms with van der Waals surface area (Å²) in [6, 6.07) is 9.88. The minimum atomic E-state index is -0.824. The van der Waals surface area contributed by atoms with E-state index in [-0.39, 0.29) is 24.5 Å². The van der Waals surface area contributed by atoms with Gasteiger partial charge < -0.3 is 19.5 Å². The Bertz CT molecular complexity index is 999. The molecule has 2 aromatic rings. The van der Waals surface area contributed by atoms with E-state index in [0.29, 0.717) is 24.2 Å². The number of rotatable bonds is 5. The van der Waals surface area contributed by atoms with Gasteiger partial charge in [-0.15, -0.1) is 0 Å². The zero-order chi connectivity index (χ0) is 20.5. The molecule has 6 nitrogen and oxygen atoms in total. The zero-order valence-corrected chi connectivity index (χ0v) is 15.9. The van der Waals surface area contributed by atoms with Crippen LogP contribution in [0.3, 0.4) is 0 Å². The van der Waals surface area contributed by atoms with Gasteiger partial charge in [-0.2, -0.15) is 0 Å². The first-order chi connectivity index (χ1) is 14.0. The number of carbonyl (C=O) groups is 2. The fraction of sp³-hybridized carbons (Fsp3) is 0.273. The molecule has 1 saturated heterocycles. The van der Waals surface area contributed by atoms with Crippen molar-refractivity contribution in [3.05, 3.63) is 70.5 Å². The van der Waals surface area contributed by atoms with Crippen LogP contribution in [0.25, 0.3) is 5.76 Å². The van der Waals surface area contributed by atoms with Gasteiger partial charge in [0.05, 0.1) is 24.8 Å². The van der Waals surface area contributed by atoms with Crippen LogP contribution >= 0.6 is 0 Å². The number of halogens is 1. The van der Waals surface area contributed by atoms with Crippen LogP contribution in [0.2, 0.25) is 0 Å². The molecule has 0 bridgehead atoms. The number of hydrogen-bond acceptors (Lipinski definition) is 5. The summed E-state index contributed by atoms with van der Waals surface area (Å²) in [7, 11) is 1.50. The van der Waals surface area contributed by atoms with Crippen molar-refractivity contribution in [3.8, 4) is 5.75 Å². The van der Waals surface area contributed by atoms with E-state index in [4.69, 9.17) is 9.47 Å².